The van der Waals surface area contributed by atoms with Gasteiger partial charge in [-0.15, -0.1) is 0 Å². The predicted molar refractivity (Wildman–Crippen MR) is 103 cm³/mol. The van der Waals surface area contributed by atoms with Gasteiger partial charge in [0.25, 0.3) is 0 Å². The average molecular weight is 409 g/mol. The number of nitrogens with one attached hydrogen (secondary N) is 1. The molecule has 0 unspecified atom stereocenters. The van der Waals surface area contributed by atoms with E-state index in [1.54, 1.807) is 12.1 Å². The van der Waals surface area contributed by atoms with Gasteiger partial charge in [-0.2, -0.15) is 20.5 Å². The van der Waals surface area contributed by atoms with Crippen molar-refractivity contribution in [3.8, 4) is 5.75 Å². The molecule has 0 saturated carbocycles. The van der Waals surface area contributed by atoms with Gasteiger partial charge in [-0.05, 0) is 23.3 Å². The third-order valence-corrected chi connectivity index (χ3v) is 4.75. The molecule has 150 valence electrons. The molecule has 0 radical (unpaired) electrons. The highest BCUT2D eigenvalue weighted by Crippen LogP contribution is 2.25. The van der Waals surface area contributed by atoms with E-state index in [1.807, 2.05) is 30.3 Å². The average Bonchev–Trinajstić information content (AvgIpc) is 2.70. The molecule has 0 aliphatic carbocycles. The first kappa shape index (κ1) is 21.7. The van der Waals surface area contributed by atoms with E-state index in [1.165, 1.54) is 31.0 Å². The van der Waals surface area contributed by atoms with E-state index in [9.17, 15) is 18.4 Å². The number of ether oxygens (including phenoxy) is 2. The molecule has 5 nitrogen and oxygen atoms in total. The third kappa shape index (κ3) is 7.19. The van der Waals surface area contributed by atoms with E-state index in [4.69, 9.17) is 0 Å². The smallest absolute Gasteiger partial charge is 0.387 e. The Hall–Kier alpha value is -2.61. The molecule has 0 aromatic heterocycles. The molecule has 0 bridgehead atoms. The zero-order valence-corrected chi connectivity index (χ0v) is 16.1. The minimum absolute atomic E-state index is 0.0512. The molecule has 0 spiro atoms. The number of thioether (sulfide) groups is 1. The van der Waals surface area contributed by atoms with E-state index in [0.29, 0.717) is 5.75 Å². The van der Waals surface area contributed by atoms with Crippen LogP contribution in [0.5, 0.6) is 5.75 Å². The molecule has 2 aromatic carbocycles. The van der Waals surface area contributed by atoms with Gasteiger partial charge < -0.3 is 14.8 Å². The van der Waals surface area contributed by atoms with E-state index in [0.717, 1.165) is 11.1 Å². The van der Waals surface area contributed by atoms with Gasteiger partial charge in [0.1, 0.15) is 5.75 Å². The molecule has 0 aliphatic heterocycles. The van der Waals surface area contributed by atoms with Crippen molar-refractivity contribution in [1.82, 2.24) is 5.32 Å². The number of methoxy groups -OCH3 is 1. The molecule has 1 amide bonds. The van der Waals surface area contributed by atoms with Crippen LogP contribution in [0.2, 0.25) is 0 Å². The second-order valence-corrected chi connectivity index (χ2v) is 6.84. The van der Waals surface area contributed by atoms with Crippen molar-refractivity contribution in [2.45, 2.75) is 19.1 Å². The van der Waals surface area contributed by atoms with Crippen LogP contribution in [0, 0.1) is 0 Å². The van der Waals surface area contributed by atoms with Crippen molar-refractivity contribution in [1.29, 1.82) is 0 Å². The van der Waals surface area contributed by atoms with Crippen molar-refractivity contribution in [3.63, 3.8) is 0 Å². The summed E-state index contributed by atoms with van der Waals surface area (Å²) < 4.78 is 33.6. The van der Waals surface area contributed by atoms with Crippen molar-refractivity contribution < 1.29 is 27.8 Å². The number of esters is 1. The summed E-state index contributed by atoms with van der Waals surface area (Å²) in [4.78, 5) is 23.5. The fourth-order valence-corrected chi connectivity index (χ4v) is 3.20. The predicted octanol–water partition coefficient (Wildman–Crippen LogP) is 3.79. The number of carbonyl (C=O) groups is 2. The Kier molecular flexibility index (Phi) is 8.74. The van der Waals surface area contributed by atoms with Crippen LogP contribution >= 0.6 is 11.8 Å². The quantitative estimate of drug-likeness (QED) is 0.478. The Bertz CT molecular complexity index is 757. The number of hydrogen-bond donors (Lipinski definition) is 1. The van der Waals surface area contributed by atoms with Crippen LogP contribution in [0.25, 0.3) is 0 Å². The summed E-state index contributed by atoms with van der Waals surface area (Å²) in [6.07, 6.45) is 0.238. The van der Waals surface area contributed by atoms with Crippen molar-refractivity contribution in [2.24, 2.45) is 0 Å². The van der Waals surface area contributed by atoms with Crippen LogP contribution in [0.3, 0.4) is 0 Å². The lowest BCUT2D eigenvalue weighted by Gasteiger charge is -2.20. The summed E-state index contributed by atoms with van der Waals surface area (Å²) in [7, 11) is 1.32. The Morgan fingerprint density at radius 2 is 1.68 bits per heavy atom. The number of rotatable bonds is 10. The molecule has 1 atom stereocenters. The van der Waals surface area contributed by atoms with E-state index in [2.05, 4.69) is 14.8 Å². The number of halogens is 2. The molecular formula is C20H21F2NO4S. The van der Waals surface area contributed by atoms with Gasteiger partial charge >= 0.3 is 12.6 Å². The van der Waals surface area contributed by atoms with Crippen LogP contribution in [-0.2, 0) is 14.3 Å². The summed E-state index contributed by atoms with van der Waals surface area (Å²) >= 11 is 1.33. The van der Waals surface area contributed by atoms with Gasteiger partial charge in [-0.3, -0.25) is 9.59 Å². The highest BCUT2D eigenvalue weighted by molar-refractivity contribution is 7.99. The molecule has 0 saturated heterocycles. The normalized spacial score (nSPS) is 11.7. The SMILES string of the molecule is COC(=O)CCSCC(=O)N[C@@H](c1ccccc1)c1ccc(OC(F)F)cc1. The lowest BCUT2D eigenvalue weighted by atomic mass is 9.98. The van der Waals surface area contributed by atoms with Crippen molar-refractivity contribution in [3.05, 3.63) is 65.7 Å². The maximum Gasteiger partial charge on any atom is 0.387 e. The second kappa shape index (κ2) is 11.3. The second-order valence-electron chi connectivity index (χ2n) is 5.74. The van der Waals surface area contributed by atoms with Crippen LogP contribution in [0.1, 0.15) is 23.6 Å². The highest BCUT2D eigenvalue weighted by atomic mass is 32.2. The first-order valence-corrected chi connectivity index (χ1v) is 9.68. The molecule has 0 heterocycles. The van der Waals surface area contributed by atoms with E-state index in [-0.39, 0.29) is 29.8 Å². The largest absolute Gasteiger partial charge is 0.469 e. The molecular weight excluding hydrogens is 388 g/mol. The van der Waals surface area contributed by atoms with Crippen molar-refractivity contribution in [2.75, 3.05) is 18.6 Å². The van der Waals surface area contributed by atoms with Crippen LogP contribution < -0.4 is 10.1 Å². The summed E-state index contributed by atoms with van der Waals surface area (Å²) in [5, 5.41) is 2.95. The van der Waals surface area contributed by atoms with Crippen molar-refractivity contribution >= 4 is 23.6 Å². The van der Waals surface area contributed by atoms with Gasteiger partial charge in [0.05, 0.1) is 25.3 Å². The molecule has 8 heteroatoms. The van der Waals surface area contributed by atoms with Gasteiger partial charge in [0, 0.05) is 5.75 Å². The molecule has 28 heavy (non-hydrogen) atoms. The fourth-order valence-electron chi connectivity index (χ4n) is 2.47. The number of carbonyl (C=O) groups excluding carboxylic acids is 2. The first-order chi connectivity index (χ1) is 13.5. The van der Waals surface area contributed by atoms with Gasteiger partial charge in [0.2, 0.25) is 5.91 Å². The van der Waals surface area contributed by atoms with E-state index >= 15 is 0 Å². The van der Waals surface area contributed by atoms with Gasteiger partial charge in [-0.25, -0.2) is 0 Å². The Morgan fingerprint density at radius 3 is 2.29 bits per heavy atom. The third-order valence-electron chi connectivity index (χ3n) is 3.79. The molecule has 1 N–H and O–H groups in total. The maximum absolute atomic E-state index is 12.4. The fraction of sp³-hybridized carbons (Fsp3) is 0.300. The number of alkyl halides is 2. The minimum Gasteiger partial charge on any atom is -0.469 e. The lowest BCUT2D eigenvalue weighted by Crippen LogP contribution is -2.30. The van der Waals surface area contributed by atoms with Gasteiger partial charge in [0.15, 0.2) is 0 Å². The molecule has 0 aliphatic rings. The zero-order chi connectivity index (χ0) is 20.4. The van der Waals surface area contributed by atoms with Crippen LogP contribution in [0.4, 0.5) is 8.78 Å². The molecule has 2 aromatic rings. The number of amides is 1. The standard InChI is InChI=1S/C20H21F2NO4S/c1-26-18(25)11-12-28-13-17(24)23-19(14-5-3-2-4-6-14)15-7-9-16(10-8-15)27-20(21)22/h2-10,19-20H,11-13H2,1H3,(H,23,24)/t19-/m0/s1. The molecule has 2 rings (SSSR count). The zero-order valence-electron chi connectivity index (χ0n) is 15.3. The monoisotopic (exact) mass is 409 g/mol. The van der Waals surface area contributed by atoms with Crippen LogP contribution in [0.15, 0.2) is 54.6 Å². The number of hydrogen-bond acceptors (Lipinski definition) is 5. The summed E-state index contributed by atoms with van der Waals surface area (Å²) in [6.45, 7) is -2.89. The highest BCUT2D eigenvalue weighted by Gasteiger charge is 2.17. The minimum atomic E-state index is -2.89. The molecule has 0 fully saturated rings. The topological polar surface area (TPSA) is 64.6 Å². The summed E-state index contributed by atoms with van der Waals surface area (Å²) in [6, 6.07) is 15.0. The van der Waals surface area contributed by atoms with E-state index < -0.39 is 12.7 Å². The number of benzene rings is 2. The van der Waals surface area contributed by atoms with Crippen LogP contribution in [-0.4, -0.2) is 37.1 Å². The Morgan fingerprint density at radius 1 is 1.04 bits per heavy atom. The Balaban J connectivity index is 2.04. The Labute approximate surface area is 166 Å². The summed E-state index contributed by atoms with van der Waals surface area (Å²) in [5.74, 6) is 0.205. The maximum atomic E-state index is 12.4. The first-order valence-electron chi connectivity index (χ1n) is 8.53. The lowest BCUT2D eigenvalue weighted by molar-refractivity contribution is -0.140. The summed E-state index contributed by atoms with van der Waals surface area (Å²) in [5.41, 5.74) is 1.60. The van der Waals surface area contributed by atoms with Gasteiger partial charge in [-0.1, -0.05) is 42.5 Å².